The Balaban J connectivity index is 2.16. The fourth-order valence-corrected chi connectivity index (χ4v) is 2.92. The van der Waals surface area contributed by atoms with Gasteiger partial charge in [0.15, 0.2) is 0 Å². The number of hydrogen-bond acceptors (Lipinski definition) is 3. The average molecular weight is 290 g/mol. The molecule has 1 N–H and O–H groups in total. The molecular formula is C17H26N2O2. The van der Waals surface area contributed by atoms with E-state index in [4.69, 9.17) is 4.74 Å². The van der Waals surface area contributed by atoms with Gasteiger partial charge in [0.05, 0.1) is 12.7 Å². The monoisotopic (exact) mass is 290 g/mol. The van der Waals surface area contributed by atoms with E-state index in [0.717, 1.165) is 19.5 Å². The van der Waals surface area contributed by atoms with Crippen LogP contribution >= 0.6 is 0 Å². The van der Waals surface area contributed by atoms with E-state index >= 15 is 0 Å². The van der Waals surface area contributed by atoms with Crippen molar-refractivity contribution in [3.63, 3.8) is 0 Å². The minimum Gasteiger partial charge on any atom is -0.496 e. The van der Waals surface area contributed by atoms with Crippen LogP contribution in [0.3, 0.4) is 0 Å². The summed E-state index contributed by atoms with van der Waals surface area (Å²) in [5, 5.41) is 3.54. The molecule has 1 aliphatic rings. The van der Waals surface area contributed by atoms with Gasteiger partial charge in [0.25, 0.3) is 5.91 Å². The van der Waals surface area contributed by atoms with Crippen molar-refractivity contribution in [3.05, 3.63) is 29.8 Å². The molecule has 0 saturated carbocycles. The fourth-order valence-electron chi connectivity index (χ4n) is 2.92. The van der Waals surface area contributed by atoms with Crippen LogP contribution in [0.5, 0.6) is 5.75 Å². The van der Waals surface area contributed by atoms with Gasteiger partial charge in [0.1, 0.15) is 5.75 Å². The number of amides is 1. The highest BCUT2D eigenvalue weighted by Gasteiger charge is 2.30. The molecule has 1 aromatic carbocycles. The second-order valence-electron chi connectivity index (χ2n) is 6.24. The molecular weight excluding hydrogens is 264 g/mol. The highest BCUT2D eigenvalue weighted by molar-refractivity contribution is 5.97. The molecule has 1 saturated heterocycles. The summed E-state index contributed by atoms with van der Waals surface area (Å²) in [4.78, 5) is 14.8. The summed E-state index contributed by atoms with van der Waals surface area (Å²) in [7, 11) is 1.61. The molecule has 0 aliphatic carbocycles. The summed E-state index contributed by atoms with van der Waals surface area (Å²) in [6, 6.07) is 8.02. The predicted octanol–water partition coefficient (Wildman–Crippen LogP) is 2.54. The van der Waals surface area contributed by atoms with Gasteiger partial charge in [-0.15, -0.1) is 0 Å². The summed E-state index contributed by atoms with van der Waals surface area (Å²) in [5.74, 6) is 1.34. The normalized spacial score (nSPS) is 22.4. The molecule has 1 fully saturated rings. The van der Waals surface area contributed by atoms with Crippen LogP contribution in [0.2, 0.25) is 0 Å². The molecule has 4 heteroatoms. The van der Waals surface area contributed by atoms with Crippen LogP contribution < -0.4 is 10.1 Å². The Morgan fingerprint density at radius 3 is 2.81 bits per heavy atom. The number of ether oxygens (including phenoxy) is 1. The number of carbonyl (C=O) groups excluding carboxylic acids is 1. The number of carbonyl (C=O) groups is 1. The third-order valence-electron chi connectivity index (χ3n) is 4.01. The highest BCUT2D eigenvalue weighted by atomic mass is 16.5. The number of nitrogens with zero attached hydrogens (tertiary/aromatic N) is 1. The molecule has 2 rings (SSSR count). The molecule has 4 nitrogen and oxygen atoms in total. The number of rotatable bonds is 4. The molecule has 1 heterocycles. The molecule has 116 valence electrons. The lowest BCUT2D eigenvalue weighted by molar-refractivity contribution is 0.0591. The third kappa shape index (κ3) is 3.76. The number of methoxy groups -OCH3 is 1. The summed E-state index contributed by atoms with van der Waals surface area (Å²) in [5.41, 5.74) is 0.650. The maximum absolute atomic E-state index is 12.8. The van der Waals surface area contributed by atoms with Crippen molar-refractivity contribution < 1.29 is 9.53 Å². The summed E-state index contributed by atoms with van der Waals surface area (Å²) < 4.78 is 5.32. The second kappa shape index (κ2) is 6.94. The lowest BCUT2D eigenvalue weighted by Gasteiger charge is -2.39. The van der Waals surface area contributed by atoms with Gasteiger partial charge >= 0.3 is 0 Å². The van der Waals surface area contributed by atoms with Crippen molar-refractivity contribution in [1.82, 2.24) is 10.2 Å². The molecule has 0 bridgehead atoms. The van der Waals surface area contributed by atoms with Gasteiger partial charge in [-0.2, -0.15) is 0 Å². The maximum Gasteiger partial charge on any atom is 0.257 e. The largest absolute Gasteiger partial charge is 0.496 e. The highest BCUT2D eigenvalue weighted by Crippen LogP contribution is 2.22. The Kier molecular flexibility index (Phi) is 5.23. The first-order chi connectivity index (χ1) is 10.0. The Morgan fingerprint density at radius 1 is 1.43 bits per heavy atom. The Morgan fingerprint density at radius 2 is 2.14 bits per heavy atom. The van der Waals surface area contributed by atoms with Crippen molar-refractivity contribution in [2.24, 2.45) is 5.92 Å². The zero-order valence-electron chi connectivity index (χ0n) is 13.4. The second-order valence-corrected chi connectivity index (χ2v) is 6.24. The number of benzene rings is 1. The van der Waals surface area contributed by atoms with Gasteiger partial charge < -0.3 is 15.0 Å². The van der Waals surface area contributed by atoms with Crippen molar-refractivity contribution in [1.29, 1.82) is 0 Å². The van der Waals surface area contributed by atoms with Crippen LogP contribution in [0.4, 0.5) is 0 Å². The quantitative estimate of drug-likeness (QED) is 0.926. The zero-order chi connectivity index (χ0) is 15.4. The summed E-state index contributed by atoms with van der Waals surface area (Å²) in [6.45, 7) is 8.12. The van der Waals surface area contributed by atoms with E-state index in [1.165, 1.54) is 0 Å². The smallest absolute Gasteiger partial charge is 0.257 e. The first kappa shape index (κ1) is 15.8. The maximum atomic E-state index is 12.8. The minimum atomic E-state index is 0.0650. The lowest BCUT2D eigenvalue weighted by Crippen LogP contribution is -2.57. The minimum absolute atomic E-state index is 0.0650. The van der Waals surface area contributed by atoms with Crippen LogP contribution in [0.25, 0.3) is 0 Å². The molecule has 2 atom stereocenters. The third-order valence-corrected chi connectivity index (χ3v) is 4.01. The van der Waals surface area contributed by atoms with Gasteiger partial charge in [-0.25, -0.2) is 0 Å². The van der Waals surface area contributed by atoms with Crippen LogP contribution in [0.1, 0.15) is 37.6 Å². The predicted molar refractivity (Wildman–Crippen MR) is 84.7 cm³/mol. The van der Waals surface area contributed by atoms with Crippen LogP contribution in [-0.4, -0.2) is 43.1 Å². The molecule has 1 aliphatic heterocycles. The van der Waals surface area contributed by atoms with E-state index < -0.39 is 0 Å². The number of para-hydroxylation sites is 1. The molecule has 0 aromatic heterocycles. The van der Waals surface area contributed by atoms with E-state index in [9.17, 15) is 4.79 Å². The van der Waals surface area contributed by atoms with Crippen molar-refractivity contribution in [3.8, 4) is 5.75 Å². The van der Waals surface area contributed by atoms with Gasteiger partial charge in [0.2, 0.25) is 0 Å². The van der Waals surface area contributed by atoms with Crippen LogP contribution in [-0.2, 0) is 0 Å². The van der Waals surface area contributed by atoms with E-state index in [2.05, 4.69) is 26.1 Å². The Hall–Kier alpha value is -1.55. The van der Waals surface area contributed by atoms with Gasteiger partial charge in [-0.05, 0) is 31.4 Å². The van der Waals surface area contributed by atoms with Crippen molar-refractivity contribution in [2.45, 2.75) is 39.3 Å². The first-order valence-corrected chi connectivity index (χ1v) is 7.70. The molecule has 21 heavy (non-hydrogen) atoms. The number of hydrogen-bond donors (Lipinski definition) is 1. The molecule has 1 aromatic rings. The van der Waals surface area contributed by atoms with Crippen molar-refractivity contribution >= 4 is 5.91 Å². The molecule has 2 unspecified atom stereocenters. The molecule has 1 amide bonds. The standard InChI is InChI=1S/C17H26N2O2/c1-12(2)9-14-11-19(13(3)10-18-14)17(20)15-7-5-6-8-16(15)21-4/h5-8,12-14,18H,9-11H2,1-4H3. The zero-order valence-corrected chi connectivity index (χ0v) is 13.4. The van der Waals surface area contributed by atoms with E-state index in [-0.39, 0.29) is 11.9 Å². The lowest BCUT2D eigenvalue weighted by atomic mass is 9.99. The number of nitrogens with one attached hydrogen (secondary N) is 1. The van der Waals surface area contributed by atoms with Gasteiger partial charge in [-0.1, -0.05) is 26.0 Å². The Bertz CT molecular complexity index is 487. The van der Waals surface area contributed by atoms with E-state index in [1.54, 1.807) is 7.11 Å². The molecule has 0 radical (unpaired) electrons. The Labute approximate surface area is 127 Å². The van der Waals surface area contributed by atoms with Gasteiger partial charge in [0, 0.05) is 25.2 Å². The van der Waals surface area contributed by atoms with E-state index in [0.29, 0.717) is 23.3 Å². The summed E-state index contributed by atoms with van der Waals surface area (Å²) in [6.07, 6.45) is 1.09. The van der Waals surface area contributed by atoms with Gasteiger partial charge in [-0.3, -0.25) is 4.79 Å². The summed E-state index contributed by atoms with van der Waals surface area (Å²) >= 11 is 0. The van der Waals surface area contributed by atoms with Crippen LogP contribution in [0.15, 0.2) is 24.3 Å². The van der Waals surface area contributed by atoms with Crippen LogP contribution in [0, 0.1) is 5.92 Å². The topological polar surface area (TPSA) is 41.6 Å². The first-order valence-electron chi connectivity index (χ1n) is 7.70. The average Bonchev–Trinajstić information content (AvgIpc) is 2.48. The number of piperazine rings is 1. The SMILES string of the molecule is COc1ccccc1C(=O)N1CC(CC(C)C)NCC1C. The fraction of sp³-hybridized carbons (Fsp3) is 0.588. The molecule has 0 spiro atoms. The van der Waals surface area contributed by atoms with E-state index in [1.807, 2.05) is 29.2 Å². The van der Waals surface area contributed by atoms with Crippen molar-refractivity contribution in [2.75, 3.05) is 20.2 Å².